The number of rotatable bonds is 65. The Hall–Kier alpha value is -5.41. The third-order valence-electron chi connectivity index (χ3n) is 14.8. The number of hydrogen-bond acceptors (Lipinski definition) is 7. The van der Waals surface area contributed by atoms with E-state index in [1.807, 2.05) is 21.1 Å². The molecule has 0 aliphatic heterocycles. The van der Waals surface area contributed by atoms with Gasteiger partial charge >= 0.3 is 19.8 Å². The van der Waals surface area contributed by atoms with Crippen molar-refractivity contribution in [2.24, 2.45) is 0 Å². The third kappa shape index (κ3) is 75.6. The zero-order valence-electron chi connectivity index (χ0n) is 60.1. The average Bonchev–Trinajstić information content (AvgIpc) is 1.56. The van der Waals surface area contributed by atoms with Crippen molar-refractivity contribution in [2.45, 2.75) is 264 Å². The van der Waals surface area contributed by atoms with Crippen LogP contribution < -0.4 is 0 Å². The molecule has 0 fully saturated rings. The first-order chi connectivity index (χ1) is 46.0. The zero-order valence-corrected chi connectivity index (χ0v) is 61.0. The summed E-state index contributed by atoms with van der Waals surface area (Å²) in [5.41, 5.74) is 0. The molecule has 0 saturated heterocycles. The number of phosphoric acid groups is 1. The molecule has 0 aliphatic carbocycles. The molecule has 0 aromatic rings. The number of ether oxygens (including phenoxy) is 2. The summed E-state index contributed by atoms with van der Waals surface area (Å²) in [7, 11) is 1.44. The van der Waals surface area contributed by atoms with Gasteiger partial charge < -0.3 is 18.9 Å². The SMILES string of the molecule is CC/C=C\C/C=C\C/C=C\C/C=C\C/C=C\C/C=C\C/C=C\C/C=C\C/C=C\C/C=C\C/C=C\CCCCCCCC(=O)OC(COC(=O)CCCCCCCCCCCCCC/C=C\C/C=C\C/C=C\C/C=C\C/C=C\C/C=C\CC)COP(=O)(O)OCC[N+](C)(C)C. The Labute approximate surface area is 576 Å². The molecule has 0 heterocycles. The Kier molecular flexibility index (Phi) is 67.7. The van der Waals surface area contributed by atoms with E-state index < -0.39 is 26.5 Å². The van der Waals surface area contributed by atoms with Crippen molar-refractivity contribution >= 4 is 19.8 Å². The van der Waals surface area contributed by atoms with Gasteiger partial charge in [0.05, 0.1) is 27.7 Å². The lowest BCUT2D eigenvalue weighted by Gasteiger charge is -2.24. The number of allylic oxidation sites excluding steroid dienone is 34. The van der Waals surface area contributed by atoms with Crippen LogP contribution in [0.1, 0.15) is 258 Å². The van der Waals surface area contributed by atoms with Gasteiger partial charge in [-0.05, 0) is 148 Å². The van der Waals surface area contributed by atoms with Crippen LogP contribution in [-0.4, -0.2) is 74.9 Å². The van der Waals surface area contributed by atoms with Gasteiger partial charge in [-0.25, -0.2) is 4.57 Å². The molecule has 10 heteroatoms. The van der Waals surface area contributed by atoms with E-state index in [4.69, 9.17) is 18.5 Å². The number of phosphoric ester groups is 1. The molecule has 0 saturated carbocycles. The lowest BCUT2D eigenvalue weighted by atomic mass is 10.0. The molecule has 528 valence electrons. The summed E-state index contributed by atoms with van der Waals surface area (Å²) in [5, 5.41) is 0. The first-order valence-corrected chi connectivity index (χ1v) is 38.3. The summed E-state index contributed by atoms with van der Waals surface area (Å²) >= 11 is 0. The number of esters is 2. The fourth-order valence-corrected chi connectivity index (χ4v) is 10.0. The van der Waals surface area contributed by atoms with Crippen LogP contribution >= 0.6 is 7.82 Å². The van der Waals surface area contributed by atoms with Crippen molar-refractivity contribution in [3.05, 3.63) is 207 Å². The minimum atomic E-state index is -4.42. The van der Waals surface area contributed by atoms with Crippen LogP contribution in [0.15, 0.2) is 207 Å². The second kappa shape index (κ2) is 71.9. The Bertz CT molecular complexity index is 2340. The number of hydrogen-bond donors (Lipinski definition) is 1. The molecule has 1 N–H and O–H groups in total. The van der Waals surface area contributed by atoms with Crippen molar-refractivity contribution < 1.29 is 42.1 Å². The predicted octanol–water partition coefficient (Wildman–Crippen LogP) is 24.6. The van der Waals surface area contributed by atoms with E-state index in [1.54, 1.807) is 0 Å². The van der Waals surface area contributed by atoms with Crippen LogP contribution in [0.3, 0.4) is 0 Å². The zero-order chi connectivity index (χ0) is 68.3. The van der Waals surface area contributed by atoms with Crippen molar-refractivity contribution in [3.8, 4) is 0 Å². The molecule has 0 bridgehead atoms. The van der Waals surface area contributed by atoms with Crippen LogP contribution in [0, 0.1) is 0 Å². The molecule has 0 radical (unpaired) electrons. The molecule has 2 unspecified atom stereocenters. The smallest absolute Gasteiger partial charge is 0.462 e. The number of quaternary nitrogens is 1. The molecular formula is C84H135NO8P+. The van der Waals surface area contributed by atoms with Gasteiger partial charge in [-0.15, -0.1) is 0 Å². The van der Waals surface area contributed by atoms with Gasteiger partial charge in [-0.3, -0.25) is 18.6 Å². The summed E-state index contributed by atoms with van der Waals surface area (Å²) < 4.78 is 34.7. The molecule has 0 aromatic heterocycles. The molecule has 0 aliphatic rings. The lowest BCUT2D eigenvalue weighted by molar-refractivity contribution is -0.870. The molecule has 0 rings (SSSR count). The Morgan fingerprint density at radius 3 is 0.851 bits per heavy atom. The number of carbonyl (C=O) groups is 2. The molecule has 94 heavy (non-hydrogen) atoms. The number of nitrogens with zero attached hydrogens (tertiary/aromatic N) is 1. The fraction of sp³-hybridized carbons (Fsp3) is 0.571. The topological polar surface area (TPSA) is 108 Å². The quantitative estimate of drug-likeness (QED) is 0.0211. The van der Waals surface area contributed by atoms with Crippen LogP contribution in [0.2, 0.25) is 0 Å². The average molecular weight is 1320 g/mol. The van der Waals surface area contributed by atoms with Crippen LogP contribution in [0.4, 0.5) is 0 Å². The van der Waals surface area contributed by atoms with Crippen molar-refractivity contribution in [1.29, 1.82) is 0 Å². The largest absolute Gasteiger partial charge is 0.472 e. The highest BCUT2D eigenvalue weighted by atomic mass is 31.2. The van der Waals surface area contributed by atoms with E-state index in [2.05, 4.69) is 220 Å². The fourth-order valence-electron chi connectivity index (χ4n) is 9.26. The van der Waals surface area contributed by atoms with Gasteiger partial charge in [-0.2, -0.15) is 0 Å². The molecule has 9 nitrogen and oxygen atoms in total. The Balaban J connectivity index is 4.17. The highest BCUT2D eigenvalue weighted by Gasteiger charge is 2.27. The summed E-state index contributed by atoms with van der Waals surface area (Å²) in [6, 6.07) is 0. The first kappa shape index (κ1) is 88.6. The van der Waals surface area contributed by atoms with E-state index in [-0.39, 0.29) is 32.0 Å². The van der Waals surface area contributed by atoms with Crippen LogP contribution in [0.5, 0.6) is 0 Å². The molecule has 0 aromatic carbocycles. The van der Waals surface area contributed by atoms with Crippen LogP contribution in [-0.2, 0) is 32.7 Å². The summed E-state index contributed by atoms with van der Waals surface area (Å²) in [4.78, 5) is 35.9. The summed E-state index contributed by atoms with van der Waals surface area (Å²) in [6.45, 7) is 4.16. The monoisotopic (exact) mass is 1320 g/mol. The molecular weight excluding hydrogens is 1180 g/mol. The Morgan fingerprint density at radius 2 is 0.574 bits per heavy atom. The normalized spacial score (nSPS) is 14.3. The van der Waals surface area contributed by atoms with E-state index in [9.17, 15) is 19.0 Å². The van der Waals surface area contributed by atoms with E-state index >= 15 is 0 Å². The highest BCUT2D eigenvalue weighted by Crippen LogP contribution is 2.43. The van der Waals surface area contributed by atoms with Gasteiger partial charge in [0.1, 0.15) is 19.8 Å². The lowest BCUT2D eigenvalue weighted by Crippen LogP contribution is -2.37. The first-order valence-electron chi connectivity index (χ1n) is 36.8. The number of unbranched alkanes of at least 4 members (excludes halogenated alkanes) is 17. The second-order valence-electron chi connectivity index (χ2n) is 24.9. The molecule has 0 spiro atoms. The minimum Gasteiger partial charge on any atom is -0.462 e. The van der Waals surface area contributed by atoms with Crippen molar-refractivity contribution in [3.63, 3.8) is 0 Å². The van der Waals surface area contributed by atoms with Crippen molar-refractivity contribution in [2.75, 3.05) is 47.5 Å². The Morgan fingerprint density at radius 1 is 0.330 bits per heavy atom. The maximum Gasteiger partial charge on any atom is 0.472 e. The minimum absolute atomic E-state index is 0.0163. The highest BCUT2D eigenvalue weighted by molar-refractivity contribution is 7.47. The summed E-state index contributed by atoms with van der Waals surface area (Å²) in [6.07, 6.45) is 114. The van der Waals surface area contributed by atoms with Gasteiger partial charge in [-0.1, -0.05) is 304 Å². The summed E-state index contributed by atoms with van der Waals surface area (Å²) in [5.74, 6) is -0.834. The second-order valence-corrected chi connectivity index (χ2v) is 26.3. The third-order valence-corrected chi connectivity index (χ3v) is 15.8. The maximum absolute atomic E-state index is 12.9. The maximum atomic E-state index is 12.9. The molecule has 2 atom stereocenters. The standard InChI is InChI=1S/C84H134NO8P/c1-6-8-10-12-14-16-18-20-22-24-26-28-30-32-34-36-38-39-40-41-42-43-44-45-47-49-51-53-55-57-59-61-63-65-67-69-71-73-75-77-84(87)93-82(81-92-94(88,89)91-79-78-85(3,4)5)80-90-83(86)76-74-72-70-68-66-64-62-60-58-56-54-52-50-48-46-37-35-33-31-29-27-25-23-21-19-17-15-13-11-9-7-2/h8-11,14-17,20-23,26-29,32-35,38-39,41-42,44-46,48-49,51,55,57,61,63,82H,6-7,12-13,18-19,24-25,30-31,36-37,40,43,47,50,52-54,56,58-60,62,64-81H2,1-5H3/p+1/b10-8-,11-9-,16-14-,17-15-,22-20-,23-21-,28-26-,29-27-,34-32-,35-33-,39-38-,42-41-,45-44-,48-46-,51-49-,57-55-,63-61-. The van der Waals surface area contributed by atoms with Gasteiger partial charge in [0, 0.05) is 12.8 Å². The van der Waals surface area contributed by atoms with E-state index in [1.165, 1.54) is 57.8 Å². The van der Waals surface area contributed by atoms with Gasteiger partial charge in [0.15, 0.2) is 6.10 Å². The van der Waals surface area contributed by atoms with Crippen LogP contribution in [0.25, 0.3) is 0 Å². The van der Waals surface area contributed by atoms with Gasteiger partial charge in [0.2, 0.25) is 0 Å². The van der Waals surface area contributed by atoms with E-state index in [0.717, 1.165) is 167 Å². The predicted molar refractivity (Wildman–Crippen MR) is 408 cm³/mol. The van der Waals surface area contributed by atoms with Crippen molar-refractivity contribution in [1.82, 2.24) is 0 Å². The number of carbonyl (C=O) groups excluding carboxylic acids is 2. The van der Waals surface area contributed by atoms with Gasteiger partial charge in [0.25, 0.3) is 0 Å². The number of likely N-dealkylation sites (N-methyl/N-ethyl adjacent to an activating group) is 1. The molecule has 0 amide bonds. The van der Waals surface area contributed by atoms with E-state index in [0.29, 0.717) is 17.4 Å².